The Bertz CT molecular complexity index is 1350. The molecule has 3 heterocycles. The molecule has 4 aliphatic rings. The van der Waals surface area contributed by atoms with E-state index in [9.17, 15) is 14.4 Å². The van der Waals surface area contributed by atoms with Crippen LogP contribution in [0.4, 0.5) is 5.69 Å². The Morgan fingerprint density at radius 3 is 2.33 bits per heavy atom. The zero-order valence-electron chi connectivity index (χ0n) is 17.3. The number of thioether (sulfide) groups is 1. The van der Waals surface area contributed by atoms with Crippen LogP contribution in [-0.4, -0.2) is 22.0 Å². The SMILES string of the molecule is O=C1C2C3CC(C2C(=O)N1c1ccccc1)C1C3Sc2[nH]c(=O)sc2[C@@H]1c1ccc(Br)cc1. The number of nitrogens with zero attached hydrogens (tertiary/aromatic N) is 1. The molecule has 7 atom stereocenters. The number of rotatable bonds is 2. The van der Waals surface area contributed by atoms with Crippen molar-refractivity contribution in [3.8, 4) is 0 Å². The van der Waals surface area contributed by atoms with Crippen molar-refractivity contribution < 1.29 is 9.59 Å². The molecule has 1 saturated heterocycles. The molecular weight excluding hydrogens is 520 g/mol. The summed E-state index contributed by atoms with van der Waals surface area (Å²) in [6, 6.07) is 17.6. The Morgan fingerprint density at radius 2 is 1.61 bits per heavy atom. The number of para-hydroxylation sites is 1. The third-order valence-electron chi connectivity index (χ3n) is 7.97. The summed E-state index contributed by atoms with van der Waals surface area (Å²) in [5.41, 5.74) is 1.84. The largest absolute Gasteiger partial charge is 0.307 e. The van der Waals surface area contributed by atoms with Gasteiger partial charge in [0.25, 0.3) is 0 Å². The Hall–Kier alpha value is -2.16. The number of halogens is 1. The van der Waals surface area contributed by atoms with Gasteiger partial charge in [0.1, 0.15) is 0 Å². The molecule has 1 N–H and O–H groups in total. The average Bonchev–Trinajstić information content (AvgIpc) is 3.54. The van der Waals surface area contributed by atoms with E-state index in [4.69, 9.17) is 0 Å². The Morgan fingerprint density at radius 1 is 0.909 bits per heavy atom. The molecule has 3 aromatic rings. The minimum atomic E-state index is -0.264. The Balaban J connectivity index is 1.34. The number of imide groups is 1. The summed E-state index contributed by atoms with van der Waals surface area (Å²) < 4.78 is 1.01. The van der Waals surface area contributed by atoms with E-state index in [0.29, 0.717) is 5.69 Å². The normalized spacial score (nSPS) is 33.8. The number of anilines is 1. The lowest BCUT2D eigenvalue weighted by Gasteiger charge is -2.43. The van der Waals surface area contributed by atoms with Gasteiger partial charge in [0.2, 0.25) is 11.8 Å². The van der Waals surface area contributed by atoms with Gasteiger partial charge >= 0.3 is 4.87 Å². The van der Waals surface area contributed by atoms with Gasteiger partial charge in [0.15, 0.2) is 0 Å². The van der Waals surface area contributed by atoms with Gasteiger partial charge in [0.05, 0.1) is 22.5 Å². The lowest BCUT2D eigenvalue weighted by molar-refractivity contribution is -0.123. The van der Waals surface area contributed by atoms with E-state index in [1.165, 1.54) is 21.8 Å². The molecule has 2 amide bonds. The summed E-state index contributed by atoms with van der Waals surface area (Å²) in [6.07, 6.45) is 0.907. The first-order chi connectivity index (χ1) is 16.0. The number of hydrogen-bond acceptors (Lipinski definition) is 5. The van der Waals surface area contributed by atoms with Crippen LogP contribution >= 0.6 is 39.0 Å². The zero-order chi connectivity index (χ0) is 22.4. The van der Waals surface area contributed by atoms with E-state index in [2.05, 4.69) is 33.0 Å². The van der Waals surface area contributed by atoms with Crippen molar-refractivity contribution in [3.05, 3.63) is 79.2 Å². The first kappa shape index (κ1) is 20.2. The van der Waals surface area contributed by atoms with Crippen LogP contribution < -0.4 is 9.77 Å². The number of benzene rings is 2. The van der Waals surface area contributed by atoms with Crippen molar-refractivity contribution in [2.45, 2.75) is 22.6 Å². The predicted molar refractivity (Wildman–Crippen MR) is 132 cm³/mol. The highest BCUT2D eigenvalue weighted by Gasteiger charge is 2.69. The predicted octanol–water partition coefficient (Wildman–Crippen LogP) is 4.88. The molecule has 2 aliphatic heterocycles. The zero-order valence-corrected chi connectivity index (χ0v) is 20.5. The molecule has 3 fully saturated rings. The number of thiazole rings is 1. The van der Waals surface area contributed by atoms with E-state index in [1.54, 1.807) is 11.8 Å². The van der Waals surface area contributed by atoms with Crippen LogP contribution in [0.3, 0.4) is 0 Å². The number of aromatic amines is 1. The fourth-order valence-electron chi connectivity index (χ4n) is 6.89. The molecule has 7 rings (SSSR count). The number of carbonyl (C=O) groups is 2. The molecule has 1 aromatic heterocycles. The number of H-pyrrole nitrogens is 1. The molecule has 2 aliphatic carbocycles. The van der Waals surface area contributed by atoms with Gasteiger partial charge < -0.3 is 4.98 Å². The van der Waals surface area contributed by atoms with Crippen molar-refractivity contribution in [2.24, 2.45) is 29.6 Å². The summed E-state index contributed by atoms with van der Waals surface area (Å²) in [4.78, 5) is 45.0. The first-order valence-electron chi connectivity index (χ1n) is 11.1. The monoisotopic (exact) mass is 538 g/mol. The quantitative estimate of drug-likeness (QED) is 0.472. The lowest BCUT2D eigenvalue weighted by atomic mass is 9.68. The summed E-state index contributed by atoms with van der Waals surface area (Å²) in [5.74, 6) is -0.0333. The number of amides is 2. The van der Waals surface area contributed by atoms with Gasteiger partial charge in [-0.1, -0.05) is 57.6 Å². The second kappa shape index (κ2) is 7.17. The molecule has 166 valence electrons. The van der Waals surface area contributed by atoms with Gasteiger partial charge in [-0.05, 0) is 54.0 Å². The number of hydrogen-bond donors (Lipinski definition) is 1. The number of nitrogens with one attached hydrogen (secondary N) is 1. The van der Waals surface area contributed by atoms with Gasteiger partial charge in [-0.3, -0.25) is 19.3 Å². The molecule has 33 heavy (non-hydrogen) atoms. The highest BCUT2D eigenvalue weighted by Crippen LogP contribution is 2.68. The molecule has 2 saturated carbocycles. The topological polar surface area (TPSA) is 70.2 Å². The van der Waals surface area contributed by atoms with Crippen molar-refractivity contribution in [3.63, 3.8) is 0 Å². The van der Waals surface area contributed by atoms with E-state index in [-0.39, 0.29) is 57.4 Å². The summed E-state index contributed by atoms with van der Waals surface area (Å²) in [7, 11) is 0. The van der Waals surface area contributed by atoms with Gasteiger partial charge in [-0.2, -0.15) is 0 Å². The van der Waals surface area contributed by atoms with Gasteiger partial charge in [-0.25, -0.2) is 0 Å². The summed E-state index contributed by atoms with van der Waals surface area (Å²) >= 11 is 6.55. The fourth-order valence-corrected chi connectivity index (χ4v) is 10.0. The average molecular weight is 539 g/mol. The van der Waals surface area contributed by atoms with Crippen LogP contribution in [0.5, 0.6) is 0 Å². The number of aromatic nitrogens is 1. The molecular formula is C25H19BrN2O3S2. The lowest BCUT2D eigenvalue weighted by Crippen LogP contribution is -2.42. The highest BCUT2D eigenvalue weighted by atomic mass is 79.9. The molecule has 8 heteroatoms. The van der Waals surface area contributed by atoms with Crippen LogP contribution in [0.1, 0.15) is 22.8 Å². The van der Waals surface area contributed by atoms with Crippen LogP contribution in [0.15, 0.2) is 68.9 Å². The smallest absolute Gasteiger partial charge is 0.305 e. The fraction of sp³-hybridized carbons (Fsp3) is 0.320. The second-order valence-corrected chi connectivity index (χ2v) is 12.5. The molecule has 2 bridgehead atoms. The molecule has 5 nitrogen and oxygen atoms in total. The summed E-state index contributed by atoms with van der Waals surface area (Å²) in [6.45, 7) is 0. The minimum absolute atomic E-state index is 0.0375. The minimum Gasteiger partial charge on any atom is -0.307 e. The standard InChI is InChI=1S/C25H19BrN2O3S2/c26-12-8-6-11(7-9-12)16-17-14-10-15(20(17)32-22-21(16)33-25(31)27-22)19-18(14)23(29)28(24(19)30)13-4-2-1-3-5-13/h1-9,14-20H,10H2,(H,27,31)/t14?,15?,16-,17?,18?,19?,20?/m1/s1. The maximum absolute atomic E-state index is 13.6. The Labute approximate surface area is 206 Å². The van der Waals surface area contributed by atoms with E-state index in [0.717, 1.165) is 20.8 Å². The molecule has 0 radical (unpaired) electrons. The van der Waals surface area contributed by atoms with Gasteiger partial charge in [0, 0.05) is 20.5 Å². The molecule has 0 spiro atoms. The van der Waals surface area contributed by atoms with Crippen molar-refractivity contribution in [2.75, 3.05) is 4.90 Å². The maximum Gasteiger partial charge on any atom is 0.305 e. The van der Waals surface area contributed by atoms with Crippen molar-refractivity contribution in [1.29, 1.82) is 0 Å². The van der Waals surface area contributed by atoms with Gasteiger partial charge in [-0.15, -0.1) is 11.8 Å². The maximum atomic E-state index is 13.6. The number of fused-ring (bicyclic) bond motifs is 9. The molecule has 6 unspecified atom stereocenters. The number of carbonyl (C=O) groups excluding carboxylic acids is 2. The summed E-state index contributed by atoms with van der Waals surface area (Å²) in [5, 5.41) is 1.16. The van der Waals surface area contributed by atoms with E-state index < -0.39 is 0 Å². The van der Waals surface area contributed by atoms with Crippen LogP contribution in [-0.2, 0) is 9.59 Å². The second-order valence-electron chi connectivity index (χ2n) is 9.36. The van der Waals surface area contributed by atoms with Crippen LogP contribution in [0.2, 0.25) is 0 Å². The third kappa shape index (κ3) is 2.74. The molecule has 2 aromatic carbocycles. The first-order valence-corrected chi connectivity index (χ1v) is 13.6. The Kier molecular flexibility index (Phi) is 4.40. The van der Waals surface area contributed by atoms with E-state index >= 15 is 0 Å². The van der Waals surface area contributed by atoms with Crippen molar-refractivity contribution in [1.82, 2.24) is 4.98 Å². The highest BCUT2D eigenvalue weighted by molar-refractivity contribution is 9.10. The third-order valence-corrected chi connectivity index (χ3v) is 11.1. The van der Waals surface area contributed by atoms with Crippen LogP contribution in [0, 0.1) is 29.6 Å². The van der Waals surface area contributed by atoms with E-state index in [1.807, 2.05) is 42.5 Å². The van der Waals surface area contributed by atoms with Crippen LogP contribution in [0.25, 0.3) is 0 Å². The van der Waals surface area contributed by atoms with Crippen molar-refractivity contribution >= 4 is 56.5 Å².